The molecule has 0 radical (unpaired) electrons. The Bertz CT molecular complexity index is 8590. The number of hydrogen-bond acceptors (Lipinski definition) is 15. The fourth-order valence-electron chi connectivity index (χ4n) is 16.5. The summed E-state index contributed by atoms with van der Waals surface area (Å²) in [4.78, 5) is 26.7. The van der Waals surface area contributed by atoms with Crippen LogP contribution in [0.3, 0.4) is 0 Å². The molecule has 0 amide bonds. The van der Waals surface area contributed by atoms with Crippen molar-refractivity contribution in [1.82, 2.24) is 73.4 Å². The number of rotatable bonds is 19. The third-order valence-corrected chi connectivity index (χ3v) is 23.2. The Kier molecular flexibility index (Phi) is 36.2. The van der Waals surface area contributed by atoms with Crippen LogP contribution in [0.2, 0.25) is 0 Å². The van der Waals surface area contributed by atoms with Crippen molar-refractivity contribution in [2.45, 2.75) is 13.8 Å². The zero-order chi connectivity index (χ0) is 102. The number of para-hydroxylation sites is 1. The minimum absolute atomic E-state index is 0. The maximum absolute atomic E-state index is 6.69. The summed E-state index contributed by atoms with van der Waals surface area (Å²) in [6.07, 6.45) is 30.7. The third kappa shape index (κ3) is 25.7. The van der Waals surface area contributed by atoms with Crippen LogP contribution < -0.4 is 14.2 Å². The van der Waals surface area contributed by atoms with E-state index in [0.29, 0.717) is 58.1 Å². The van der Waals surface area contributed by atoms with Gasteiger partial charge in [0.25, 0.3) is 0 Å². The Hall–Kier alpha value is -16.2. The smallest absolute Gasteiger partial charge is 0.466 e. The zero-order valence-corrected chi connectivity index (χ0v) is 90.4. The van der Waals surface area contributed by atoms with Crippen LogP contribution in [0.1, 0.15) is 28.1 Å². The van der Waals surface area contributed by atoms with Gasteiger partial charge in [-0.25, -0.2) is 29.9 Å². The van der Waals surface area contributed by atoms with Crippen molar-refractivity contribution >= 4 is 89.5 Å². The molecule has 736 valence electrons. The minimum Gasteiger partial charge on any atom is -0.466 e. The molecule has 149 heavy (non-hydrogen) atoms. The molecule has 0 fully saturated rings. The topological polar surface area (TPSA) is 207 Å². The van der Waals surface area contributed by atoms with Crippen molar-refractivity contribution in [3.8, 4) is 142 Å². The summed E-state index contributed by atoms with van der Waals surface area (Å²) in [5, 5.41) is 24.1. The third-order valence-electron chi connectivity index (χ3n) is 23.2. The molecule has 25 aromatic rings. The van der Waals surface area contributed by atoms with Gasteiger partial charge in [-0.05, 0) is 130 Å². The molecule has 0 bridgehead atoms. The average molecular weight is 2720 g/mol. The van der Waals surface area contributed by atoms with Crippen LogP contribution in [-0.2, 0) is 77.4 Å². The molecule has 0 aliphatic heterocycles. The van der Waals surface area contributed by atoms with E-state index in [2.05, 4.69) is 261 Å². The maximum Gasteiger partial charge on any atom is 2.00 e. The molecule has 12 aromatic heterocycles. The van der Waals surface area contributed by atoms with Crippen molar-refractivity contribution in [2.75, 3.05) is 0 Å². The van der Waals surface area contributed by atoms with Crippen molar-refractivity contribution in [3.05, 3.63) is 509 Å². The van der Waals surface area contributed by atoms with Crippen molar-refractivity contribution in [2.24, 2.45) is 0 Å². The predicted octanol–water partition coefficient (Wildman–Crippen LogP) is 30.6. The van der Waals surface area contributed by atoms with E-state index in [1.807, 2.05) is 283 Å². The van der Waals surface area contributed by atoms with Crippen LogP contribution in [-0.4, -0.2) is 73.4 Å². The Labute approximate surface area is 920 Å². The van der Waals surface area contributed by atoms with Gasteiger partial charge in [0.05, 0.1) is 35.3 Å². The Morgan fingerprint density at radius 3 is 1.52 bits per heavy atom. The number of pyridine rings is 5. The summed E-state index contributed by atoms with van der Waals surface area (Å²) in [6.45, 7) is 3.96. The van der Waals surface area contributed by atoms with Crippen LogP contribution in [0.15, 0.2) is 459 Å². The Balaban J connectivity index is 0.000000130. The first-order chi connectivity index (χ1) is 73.1. The second-order valence-electron chi connectivity index (χ2n) is 32.7. The number of oxazole rings is 2. The van der Waals surface area contributed by atoms with E-state index in [0.717, 1.165) is 139 Å². The molecule has 0 N–H and O–H groups in total. The second kappa shape index (κ2) is 51.8. The number of aryl methyl sites for hydroxylation is 2. The average Bonchev–Trinajstić information content (AvgIpc) is 1.61. The molecular weight excluding hydrogens is 2640 g/mol. The summed E-state index contributed by atoms with van der Waals surface area (Å²) in [5.41, 5.74) is 23.0. The normalized spacial score (nSPS) is 10.6. The molecule has 25 rings (SSSR count). The Morgan fingerprint density at radius 1 is 0.376 bits per heavy atom. The molecule has 0 atom stereocenters. The van der Waals surface area contributed by atoms with E-state index in [9.17, 15) is 0 Å². The molecule has 12 heterocycles. The molecular formula is C122H82Cl3N15O5Pt4. The SMILES string of the molecule is Cc1cc(C)n(-c2[c-]c(Oc3ccccn3)cc(-c3nc(-c4ccccc4)co3)c2)n1.[C-]#Cc1ccccc1.[Cl][Pt+].[Cl][Pt+].[Cl][Pt+].[Pt+2].[c-]1c(-n2cccn2)cc(-c2ccc(/C=C/c3ccccc3)cc2)cc1-n1c2ccccc2c2cccnc21.[c-]1c(Oc2ccccn2)cc(-c2cnc(-c3ccccc3)o2)cc1-n1cc(-c2ccccc2)cn1.[c-]1c(Oc2ccccn2)ccc2c3ccccc3c3c(-c4ccccc4)cnn3c12. The van der Waals surface area contributed by atoms with Crippen molar-refractivity contribution < 1.29 is 100 Å². The van der Waals surface area contributed by atoms with E-state index >= 15 is 0 Å². The second-order valence-corrected chi connectivity index (χ2v) is 32.7. The first-order valence-corrected chi connectivity index (χ1v) is 54.5. The summed E-state index contributed by atoms with van der Waals surface area (Å²) in [7, 11) is 13.8. The molecule has 13 aromatic carbocycles. The minimum atomic E-state index is 0. The summed E-state index contributed by atoms with van der Waals surface area (Å²) >= 11 is 4.83. The summed E-state index contributed by atoms with van der Waals surface area (Å²) in [6, 6.07) is 140. The molecule has 0 aliphatic carbocycles. The number of benzene rings is 13. The number of fused-ring (bicyclic) bond motifs is 9. The molecule has 20 nitrogen and oxygen atoms in total. The van der Waals surface area contributed by atoms with Crippen LogP contribution in [0.25, 0.3) is 163 Å². The van der Waals surface area contributed by atoms with Gasteiger partial charge in [0.15, 0.2) is 0 Å². The molecule has 0 saturated carbocycles. The number of nitrogens with zero attached hydrogens (tertiary/aromatic N) is 15. The van der Waals surface area contributed by atoms with Crippen LogP contribution in [0.4, 0.5) is 0 Å². The summed E-state index contributed by atoms with van der Waals surface area (Å²) < 4.78 is 39.4. The molecule has 0 aliphatic rings. The largest absolute Gasteiger partial charge is 2.00 e. The first kappa shape index (κ1) is 104. The van der Waals surface area contributed by atoms with E-state index in [1.165, 1.54) is 16.3 Å². The van der Waals surface area contributed by atoms with E-state index in [1.54, 1.807) is 110 Å². The fraction of sp³-hybridized carbons (Fsp3) is 0.0164. The van der Waals surface area contributed by atoms with E-state index < -0.39 is 0 Å². The van der Waals surface area contributed by atoms with Gasteiger partial charge in [-0.3, -0.25) is 24.5 Å². The predicted molar refractivity (Wildman–Crippen MR) is 575 cm³/mol. The van der Waals surface area contributed by atoms with Gasteiger partial charge < -0.3 is 34.0 Å². The van der Waals surface area contributed by atoms with Crippen LogP contribution in [0, 0.1) is 50.5 Å². The number of aromatic nitrogens is 15. The quantitative estimate of drug-likeness (QED) is 0.0319. The standard InChI is InChI=1S/C34H23N4.C29H19N4O2.C26H16N3O.C25H19N4O2.C8H5.3ClH.4Pt/c1-2-8-25(9-3-1)13-14-26-15-17-27(18-16-26)28-22-29(37-21-7-20-36-37)24-30(23-28)38-33-12-5-4-10-31(33)32-11-6-19-35-34(32)38;1-3-9-21(10-4-1)24-18-32-33(20-24)25-15-23(16-26(17-25)34-28-13-7-8-14-30-28)27-19-31-29(35-27)22-11-5-2-6-12-22;1-2-8-18(9-3-1)23-17-28-29-24-16-19(30-25-12-6-7-15-27-25)13-14-21(24)20-10-4-5-11-22(20)26(23)29;1-17-12-18(2)29(28-17)21-13-20(14-22(15-21)31-24-10-6-7-11-26-24)25-27-23(16-30-25)19-8-4-3-5-9-19;1-2-8-6-4-3-5-7-8;;;;;;;/h1-23H;1-16,18-20H;1-15,17H;3-14,16H,1-2H3;3-7H;3*1H;;;;/q5*-1;;;;4*+2/p-3/b14-13+;;;;;;;;;;;. The number of hydrogen-bond donors (Lipinski definition) is 0. The Morgan fingerprint density at radius 2 is 0.906 bits per heavy atom. The van der Waals surface area contributed by atoms with Crippen LogP contribution in [0.5, 0.6) is 34.9 Å². The maximum atomic E-state index is 6.69. The van der Waals surface area contributed by atoms with Gasteiger partial charge in [0, 0.05) is 118 Å². The van der Waals surface area contributed by atoms with Crippen molar-refractivity contribution in [1.29, 1.82) is 0 Å². The van der Waals surface area contributed by atoms with Gasteiger partial charge in [0.2, 0.25) is 29.4 Å². The molecule has 27 heteroatoms. The monoisotopic (exact) mass is 2720 g/mol. The molecule has 0 saturated heterocycles. The van der Waals surface area contributed by atoms with Gasteiger partial charge in [-0.15, -0.1) is 95.4 Å². The fourth-order valence-corrected chi connectivity index (χ4v) is 16.5. The van der Waals surface area contributed by atoms with Gasteiger partial charge in [-0.2, -0.15) is 26.5 Å². The first-order valence-electron chi connectivity index (χ1n) is 46.1. The molecule has 0 unspecified atom stereocenters. The van der Waals surface area contributed by atoms with Gasteiger partial charge >= 0.3 is 106 Å². The number of ether oxygens (including phenoxy) is 3. The van der Waals surface area contributed by atoms with Crippen molar-refractivity contribution in [3.63, 3.8) is 0 Å². The van der Waals surface area contributed by atoms with E-state index in [4.69, 9.17) is 39.6 Å². The van der Waals surface area contributed by atoms with Crippen LogP contribution >= 0.6 is 28.3 Å². The zero-order valence-electron chi connectivity index (χ0n) is 79.0. The van der Waals surface area contributed by atoms with Gasteiger partial charge in [0.1, 0.15) is 23.4 Å². The number of halogens is 3. The summed E-state index contributed by atoms with van der Waals surface area (Å²) in [5.74, 6) is 7.01. The molecule has 0 spiro atoms. The van der Waals surface area contributed by atoms with Gasteiger partial charge in [-0.1, -0.05) is 277 Å². The van der Waals surface area contributed by atoms with E-state index in [-0.39, 0.29) is 21.1 Å².